The normalized spacial score (nSPS) is 19.5. The van der Waals surface area contributed by atoms with Crippen molar-refractivity contribution in [2.24, 2.45) is 0 Å². The predicted molar refractivity (Wildman–Crippen MR) is 175 cm³/mol. The van der Waals surface area contributed by atoms with E-state index in [4.69, 9.17) is 4.74 Å². The summed E-state index contributed by atoms with van der Waals surface area (Å²) in [5.41, 5.74) is 0.630. The number of aromatic hydroxyl groups is 1. The fraction of sp³-hybridized carbons (Fsp3) is 0.306. The number of phenolic OH excluding ortho intramolecular Hbond substituents is 1. The number of alkyl halides is 1. The fourth-order valence-corrected chi connectivity index (χ4v) is 7.65. The Balaban J connectivity index is 1.27. The number of pyridine rings is 1. The molecule has 2 saturated heterocycles. The van der Waals surface area contributed by atoms with E-state index >= 15 is 8.78 Å². The lowest BCUT2D eigenvalue weighted by molar-refractivity contribution is 0.107. The average Bonchev–Trinajstić information content (AvgIpc) is 3.75. The molecule has 0 radical (unpaired) electrons. The molecule has 3 N–H and O–H groups in total. The Kier molecular flexibility index (Phi) is 7.35. The number of hydrogen-bond acceptors (Lipinski definition) is 7. The van der Waals surface area contributed by atoms with Crippen molar-refractivity contribution in [1.29, 1.82) is 0 Å². The lowest BCUT2D eigenvalue weighted by Crippen LogP contribution is -2.43. The van der Waals surface area contributed by atoms with Crippen molar-refractivity contribution >= 4 is 38.5 Å². The van der Waals surface area contributed by atoms with Gasteiger partial charge in [-0.1, -0.05) is 13.0 Å². The van der Waals surface area contributed by atoms with Gasteiger partial charge >= 0.3 is 6.01 Å². The molecule has 5 heterocycles. The van der Waals surface area contributed by atoms with Crippen molar-refractivity contribution in [3.8, 4) is 22.9 Å². The molecule has 8 rings (SSSR count). The van der Waals surface area contributed by atoms with Gasteiger partial charge in [-0.25, -0.2) is 22.5 Å². The Morgan fingerprint density at radius 2 is 1.98 bits per heavy atom. The van der Waals surface area contributed by atoms with Gasteiger partial charge in [-0.15, -0.1) is 0 Å². The molecule has 2 fully saturated rings. The first-order valence-electron chi connectivity index (χ1n) is 16.1. The van der Waals surface area contributed by atoms with E-state index in [2.05, 4.69) is 30.2 Å². The zero-order valence-electron chi connectivity index (χ0n) is 26.1. The second-order valence-corrected chi connectivity index (χ2v) is 12.7. The minimum Gasteiger partial charge on any atom is -0.508 e. The molecule has 2 aliphatic rings. The summed E-state index contributed by atoms with van der Waals surface area (Å²) in [6.07, 6.45) is 4.76. The Morgan fingerprint density at radius 1 is 1.10 bits per heavy atom. The molecule has 0 aliphatic carbocycles. The molecule has 0 amide bonds. The molecule has 2 atom stereocenters. The largest absolute Gasteiger partial charge is 0.508 e. The van der Waals surface area contributed by atoms with Gasteiger partial charge in [0.25, 0.3) is 0 Å². The summed E-state index contributed by atoms with van der Waals surface area (Å²) in [7, 11) is 0. The Morgan fingerprint density at radius 3 is 2.83 bits per heavy atom. The number of benzene rings is 3. The van der Waals surface area contributed by atoms with Crippen LogP contribution in [0.15, 0.2) is 54.9 Å². The van der Waals surface area contributed by atoms with Gasteiger partial charge in [-0.2, -0.15) is 9.97 Å². The van der Waals surface area contributed by atoms with E-state index in [1.165, 1.54) is 24.3 Å². The van der Waals surface area contributed by atoms with E-state index in [0.29, 0.717) is 29.4 Å². The lowest BCUT2D eigenvalue weighted by Gasteiger charge is -2.30. The van der Waals surface area contributed by atoms with Crippen LogP contribution in [0.3, 0.4) is 0 Å². The van der Waals surface area contributed by atoms with Crippen molar-refractivity contribution in [2.45, 2.75) is 50.9 Å². The molecule has 3 aromatic heterocycles. The summed E-state index contributed by atoms with van der Waals surface area (Å²) in [5.74, 6) is -2.56. The lowest BCUT2D eigenvalue weighted by atomic mass is 9.91. The second kappa shape index (κ2) is 11.6. The minimum atomic E-state index is -1.01. The molecule has 0 bridgehead atoms. The Labute approximate surface area is 272 Å². The van der Waals surface area contributed by atoms with E-state index < -0.39 is 34.7 Å². The molecular weight excluding hydrogens is 624 g/mol. The third kappa shape index (κ3) is 4.97. The summed E-state index contributed by atoms with van der Waals surface area (Å²) in [5, 5.41) is 15.4. The van der Waals surface area contributed by atoms with Gasteiger partial charge in [0.05, 0.1) is 11.1 Å². The van der Waals surface area contributed by atoms with E-state index in [1.807, 2.05) is 12.1 Å². The van der Waals surface area contributed by atoms with Gasteiger partial charge in [-0.3, -0.25) is 4.90 Å². The predicted octanol–water partition coefficient (Wildman–Crippen LogP) is 7.58. The molecule has 0 spiro atoms. The zero-order chi connectivity index (χ0) is 33.2. The molecule has 12 heteroatoms. The van der Waals surface area contributed by atoms with Gasteiger partial charge in [0.15, 0.2) is 5.82 Å². The van der Waals surface area contributed by atoms with Crippen LogP contribution in [-0.2, 0) is 13.0 Å². The van der Waals surface area contributed by atoms with Crippen LogP contribution in [0.4, 0.5) is 23.4 Å². The maximum absolute atomic E-state index is 16.8. The summed E-state index contributed by atoms with van der Waals surface area (Å²) in [6, 6.07) is 10.1. The standard InChI is InChI=1S/C36H32F4N6O2/c1-2-23-27(38)7-6-19-11-22(47)12-25(29(19)23)30-28(39)13-26-32(31(30)40)44-35(48-18-36-8-4-10-46(36)17-21(37)14-36)45-34(26)43-16-20-15-42-33-24(20)5-3-9-41-33/h3,5-7,9,11-13,15,21,47H,2,4,8,10,14,16-18H2,1H3,(H,41,42)(H,43,44,45)/t21-,36+/m1/s1. The maximum atomic E-state index is 16.8. The molecular formula is C36H32F4N6O2. The Bertz CT molecular complexity index is 2230. The molecule has 246 valence electrons. The highest BCUT2D eigenvalue weighted by atomic mass is 19.1. The van der Waals surface area contributed by atoms with Gasteiger partial charge in [0.1, 0.15) is 47.1 Å². The first-order chi connectivity index (χ1) is 23.2. The minimum absolute atomic E-state index is 0.000520. The topological polar surface area (TPSA) is 99.2 Å². The monoisotopic (exact) mass is 656 g/mol. The van der Waals surface area contributed by atoms with Crippen LogP contribution in [0.2, 0.25) is 0 Å². The third-order valence-electron chi connectivity index (χ3n) is 9.85. The zero-order valence-corrected chi connectivity index (χ0v) is 26.1. The number of aromatic nitrogens is 4. The number of H-pyrrole nitrogens is 1. The molecule has 3 aromatic carbocycles. The molecule has 48 heavy (non-hydrogen) atoms. The number of hydrogen-bond donors (Lipinski definition) is 3. The number of phenols is 1. The smallest absolute Gasteiger partial charge is 0.319 e. The number of rotatable bonds is 8. The number of aryl methyl sites for hydroxylation is 1. The summed E-state index contributed by atoms with van der Waals surface area (Å²) >= 11 is 0. The molecule has 2 aliphatic heterocycles. The van der Waals surface area contributed by atoms with Crippen molar-refractivity contribution in [3.63, 3.8) is 0 Å². The highest BCUT2D eigenvalue weighted by Gasteiger charge is 2.49. The van der Waals surface area contributed by atoms with Crippen LogP contribution in [0.25, 0.3) is 43.8 Å². The number of anilines is 1. The SMILES string of the molecule is CCc1c(F)ccc2cc(O)cc(-c3c(F)cc4c(NCc5c[nH]c6ncccc56)nc(OC[C@@]56CCCN5C[C@H](F)C6)nc4c3F)c12. The fourth-order valence-electron chi connectivity index (χ4n) is 7.65. The Hall–Kier alpha value is -4.97. The van der Waals surface area contributed by atoms with Crippen LogP contribution >= 0.6 is 0 Å². The van der Waals surface area contributed by atoms with Crippen LogP contribution < -0.4 is 10.1 Å². The number of halogens is 4. The van der Waals surface area contributed by atoms with Crippen LogP contribution in [-0.4, -0.2) is 61.3 Å². The van der Waals surface area contributed by atoms with E-state index in [1.54, 1.807) is 19.3 Å². The van der Waals surface area contributed by atoms with Crippen molar-refractivity contribution in [2.75, 3.05) is 25.0 Å². The molecule has 6 aromatic rings. The summed E-state index contributed by atoms with van der Waals surface area (Å²) in [4.78, 5) is 18.5. The van der Waals surface area contributed by atoms with Gasteiger partial charge < -0.3 is 20.1 Å². The first kappa shape index (κ1) is 30.4. The van der Waals surface area contributed by atoms with Crippen molar-refractivity contribution in [1.82, 2.24) is 24.8 Å². The van der Waals surface area contributed by atoms with Gasteiger partial charge in [0, 0.05) is 42.7 Å². The highest BCUT2D eigenvalue weighted by molar-refractivity contribution is 6.03. The number of fused-ring (bicyclic) bond motifs is 4. The third-order valence-corrected chi connectivity index (χ3v) is 9.85. The van der Waals surface area contributed by atoms with E-state index in [0.717, 1.165) is 36.4 Å². The van der Waals surface area contributed by atoms with Crippen LogP contribution in [0.1, 0.15) is 37.3 Å². The summed E-state index contributed by atoms with van der Waals surface area (Å²) < 4.78 is 68.6. The van der Waals surface area contributed by atoms with Gasteiger partial charge in [0.2, 0.25) is 0 Å². The van der Waals surface area contributed by atoms with Crippen molar-refractivity contribution < 1.29 is 27.4 Å². The van der Waals surface area contributed by atoms with Crippen LogP contribution in [0, 0.1) is 17.5 Å². The number of ether oxygens (including phenoxy) is 1. The molecule has 0 saturated carbocycles. The molecule has 0 unspecified atom stereocenters. The highest BCUT2D eigenvalue weighted by Crippen LogP contribution is 2.43. The molecule has 8 nitrogen and oxygen atoms in total. The number of nitrogens with one attached hydrogen (secondary N) is 2. The number of aromatic amines is 1. The quantitative estimate of drug-likeness (QED) is 0.145. The van der Waals surface area contributed by atoms with E-state index in [-0.39, 0.29) is 59.2 Å². The summed E-state index contributed by atoms with van der Waals surface area (Å²) in [6.45, 7) is 3.20. The van der Waals surface area contributed by atoms with E-state index in [9.17, 15) is 13.9 Å². The van der Waals surface area contributed by atoms with Gasteiger partial charge in [-0.05, 0) is 89.7 Å². The van der Waals surface area contributed by atoms with Crippen LogP contribution in [0.5, 0.6) is 11.8 Å². The number of nitrogens with zero attached hydrogens (tertiary/aromatic N) is 4. The maximum Gasteiger partial charge on any atom is 0.319 e. The van der Waals surface area contributed by atoms with Crippen molar-refractivity contribution in [3.05, 3.63) is 83.4 Å². The average molecular weight is 657 g/mol. The second-order valence-electron chi connectivity index (χ2n) is 12.7. The first-order valence-corrected chi connectivity index (χ1v) is 16.1.